The van der Waals surface area contributed by atoms with Crippen LogP contribution in [0.5, 0.6) is 5.75 Å². The molecule has 0 aromatic heterocycles. The van der Waals surface area contributed by atoms with Crippen LogP contribution in [0.15, 0.2) is 12.1 Å². The Balaban J connectivity index is 1.70. The van der Waals surface area contributed by atoms with Crippen molar-refractivity contribution in [3.63, 3.8) is 0 Å². The molecule has 0 bridgehead atoms. The maximum Gasteiger partial charge on any atom is 0.165 e. The molecule has 1 aromatic rings. The predicted octanol–water partition coefficient (Wildman–Crippen LogP) is 4.82. The molecule has 0 N–H and O–H groups in total. The van der Waals surface area contributed by atoms with Gasteiger partial charge in [0.1, 0.15) is 5.82 Å². The third-order valence-electron chi connectivity index (χ3n) is 6.31. The quantitative estimate of drug-likeness (QED) is 0.682. The minimum Gasteiger partial charge on any atom is -0.490 e. The molecule has 4 heteroatoms. The van der Waals surface area contributed by atoms with Gasteiger partial charge in [-0.05, 0) is 57.6 Å². The zero-order chi connectivity index (χ0) is 16.2. The summed E-state index contributed by atoms with van der Waals surface area (Å²) in [5.41, 5.74) is 0.433. The number of hydrogen-bond acceptors (Lipinski definition) is 2. The topological polar surface area (TPSA) is 18.5 Å². The first-order valence-electron chi connectivity index (χ1n) is 8.67. The van der Waals surface area contributed by atoms with Crippen molar-refractivity contribution in [3.05, 3.63) is 29.3 Å². The SMILES string of the molecule is CC1(C)CCC2(CCCC3c4c(F)ccc(F)c4OC[C@H]32)CO1. The maximum atomic E-state index is 14.4. The number of halogens is 2. The molecular formula is C19H24F2O2. The van der Waals surface area contributed by atoms with Crippen LogP contribution in [0.2, 0.25) is 0 Å². The number of hydrogen-bond donors (Lipinski definition) is 0. The summed E-state index contributed by atoms with van der Waals surface area (Å²) in [5, 5.41) is 0. The van der Waals surface area contributed by atoms with Gasteiger partial charge >= 0.3 is 0 Å². The molecule has 23 heavy (non-hydrogen) atoms. The van der Waals surface area contributed by atoms with E-state index in [-0.39, 0.29) is 34.4 Å². The Hall–Kier alpha value is -1.16. The van der Waals surface area contributed by atoms with Gasteiger partial charge in [0.15, 0.2) is 11.6 Å². The first-order chi connectivity index (χ1) is 10.9. The van der Waals surface area contributed by atoms with Crippen LogP contribution in [0.3, 0.4) is 0 Å². The molecule has 1 spiro atoms. The Bertz CT molecular complexity index is 616. The molecule has 1 aromatic carbocycles. The lowest BCUT2D eigenvalue weighted by Gasteiger charge is -2.54. The van der Waals surface area contributed by atoms with E-state index in [0.717, 1.165) is 32.1 Å². The van der Waals surface area contributed by atoms with Crippen molar-refractivity contribution < 1.29 is 18.3 Å². The number of fused-ring (bicyclic) bond motifs is 4. The molecule has 1 aliphatic carbocycles. The van der Waals surface area contributed by atoms with Gasteiger partial charge in [-0.3, -0.25) is 0 Å². The molecule has 3 aliphatic rings. The lowest BCUT2D eigenvalue weighted by atomic mass is 9.57. The van der Waals surface area contributed by atoms with Gasteiger partial charge in [-0.2, -0.15) is 0 Å². The third kappa shape index (κ3) is 2.37. The van der Waals surface area contributed by atoms with Crippen molar-refractivity contribution >= 4 is 0 Å². The molecule has 2 aliphatic heterocycles. The Morgan fingerprint density at radius 1 is 1.09 bits per heavy atom. The summed E-state index contributed by atoms with van der Waals surface area (Å²) in [4.78, 5) is 0. The highest BCUT2D eigenvalue weighted by atomic mass is 19.1. The lowest BCUT2D eigenvalue weighted by molar-refractivity contribution is -0.154. The minimum atomic E-state index is -0.444. The fourth-order valence-corrected chi connectivity index (χ4v) is 4.86. The average molecular weight is 322 g/mol. The summed E-state index contributed by atoms with van der Waals surface area (Å²) in [6, 6.07) is 2.40. The van der Waals surface area contributed by atoms with Crippen LogP contribution in [-0.2, 0) is 4.74 Å². The Morgan fingerprint density at radius 3 is 2.61 bits per heavy atom. The van der Waals surface area contributed by atoms with Crippen molar-refractivity contribution in [2.24, 2.45) is 11.3 Å². The van der Waals surface area contributed by atoms with E-state index < -0.39 is 5.82 Å². The molecule has 2 fully saturated rings. The largest absolute Gasteiger partial charge is 0.490 e. The van der Waals surface area contributed by atoms with Crippen LogP contribution >= 0.6 is 0 Å². The second kappa shape index (κ2) is 5.17. The van der Waals surface area contributed by atoms with Gasteiger partial charge in [0.05, 0.1) is 18.8 Å². The Labute approximate surface area is 136 Å². The zero-order valence-electron chi connectivity index (χ0n) is 13.8. The van der Waals surface area contributed by atoms with Crippen LogP contribution in [0.1, 0.15) is 57.4 Å². The predicted molar refractivity (Wildman–Crippen MR) is 83.6 cm³/mol. The fourth-order valence-electron chi connectivity index (χ4n) is 4.86. The second-order valence-electron chi connectivity index (χ2n) is 8.10. The van der Waals surface area contributed by atoms with E-state index in [1.54, 1.807) is 0 Å². The van der Waals surface area contributed by atoms with Crippen molar-refractivity contribution in [1.82, 2.24) is 0 Å². The summed E-state index contributed by atoms with van der Waals surface area (Å²) < 4.78 is 40.3. The average Bonchev–Trinajstić information content (AvgIpc) is 2.54. The van der Waals surface area contributed by atoms with Gasteiger partial charge in [0.25, 0.3) is 0 Å². The first kappa shape index (κ1) is 15.4. The molecule has 3 atom stereocenters. The Morgan fingerprint density at radius 2 is 1.87 bits per heavy atom. The van der Waals surface area contributed by atoms with E-state index in [9.17, 15) is 8.78 Å². The molecule has 2 unspecified atom stereocenters. The first-order valence-corrected chi connectivity index (χ1v) is 8.67. The highest BCUT2D eigenvalue weighted by Crippen LogP contribution is 2.57. The molecule has 126 valence electrons. The highest BCUT2D eigenvalue weighted by molar-refractivity contribution is 5.42. The van der Waals surface area contributed by atoms with Crippen molar-refractivity contribution in [2.75, 3.05) is 13.2 Å². The van der Waals surface area contributed by atoms with E-state index >= 15 is 0 Å². The number of rotatable bonds is 0. The van der Waals surface area contributed by atoms with E-state index in [1.165, 1.54) is 12.1 Å². The van der Waals surface area contributed by atoms with Gasteiger partial charge in [-0.15, -0.1) is 0 Å². The van der Waals surface area contributed by atoms with Crippen LogP contribution in [0.25, 0.3) is 0 Å². The van der Waals surface area contributed by atoms with Gasteiger partial charge in [-0.25, -0.2) is 8.78 Å². The minimum absolute atomic E-state index is 0.0491. The molecule has 1 saturated carbocycles. The Kier molecular flexibility index (Phi) is 3.45. The summed E-state index contributed by atoms with van der Waals surface area (Å²) in [5.74, 6) is -0.366. The van der Waals surface area contributed by atoms with E-state index in [4.69, 9.17) is 9.47 Å². The van der Waals surface area contributed by atoms with Crippen LogP contribution in [0, 0.1) is 23.0 Å². The van der Waals surface area contributed by atoms with Gasteiger partial charge in [0.2, 0.25) is 0 Å². The van der Waals surface area contributed by atoms with E-state index in [1.807, 2.05) is 0 Å². The van der Waals surface area contributed by atoms with Crippen molar-refractivity contribution in [1.29, 1.82) is 0 Å². The van der Waals surface area contributed by atoms with Crippen LogP contribution in [-0.4, -0.2) is 18.8 Å². The fraction of sp³-hybridized carbons (Fsp3) is 0.684. The second-order valence-corrected chi connectivity index (χ2v) is 8.10. The summed E-state index contributed by atoms with van der Waals surface area (Å²) in [7, 11) is 0. The van der Waals surface area contributed by atoms with Crippen LogP contribution in [0.4, 0.5) is 8.78 Å². The smallest absolute Gasteiger partial charge is 0.165 e. The number of ether oxygens (including phenoxy) is 2. The monoisotopic (exact) mass is 322 g/mol. The van der Waals surface area contributed by atoms with E-state index in [0.29, 0.717) is 18.8 Å². The summed E-state index contributed by atoms with van der Waals surface area (Å²) in [6.45, 7) is 5.43. The number of benzene rings is 1. The van der Waals surface area contributed by atoms with Crippen LogP contribution < -0.4 is 4.74 Å². The molecule has 2 heterocycles. The van der Waals surface area contributed by atoms with Gasteiger partial charge < -0.3 is 9.47 Å². The lowest BCUT2D eigenvalue weighted by Crippen LogP contribution is -2.51. The molecule has 1 saturated heterocycles. The molecular weight excluding hydrogens is 298 g/mol. The molecule has 4 rings (SSSR count). The summed E-state index contributed by atoms with van der Waals surface area (Å²) >= 11 is 0. The standard InChI is InChI=1S/C19H24F2O2/c1-18(2)8-9-19(11-23-18)7-3-4-12-13(19)10-22-17-15(21)6-5-14(20)16(12)17/h5-6,12-13H,3-4,7-11H2,1-2H3/t12?,13-,19?/m1/s1. The zero-order valence-corrected chi connectivity index (χ0v) is 13.8. The molecule has 0 radical (unpaired) electrons. The highest BCUT2D eigenvalue weighted by Gasteiger charge is 2.52. The third-order valence-corrected chi connectivity index (χ3v) is 6.31. The normalized spacial score (nSPS) is 35.3. The molecule has 0 amide bonds. The van der Waals surface area contributed by atoms with Gasteiger partial charge in [-0.1, -0.05) is 6.42 Å². The van der Waals surface area contributed by atoms with Crippen molar-refractivity contribution in [2.45, 2.75) is 57.5 Å². The van der Waals surface area contributed by atoms with Gasteiger partial charge in [0, 0.05) is 16.9 Å². The van der Waals surface area contributed by atoms with E-state index in [2.05, 4.69) is 13.8 Å². The summed E-state index contributed by atoms with van der Waals surface area (Å²) in [6.07, 6.45) is 5.14. The maximum absolute atomic E-state index is 14.4. The van der Waals surface area contributed by atoms with Crippen molar-refractivity contribution in [3.8, 4) is 5.75 Å². The molecule has 2 nitrogen and oxygen atoms in total.